The molecule has 0 aromatic carbocycles. The highest BCUT2D eigenvalue weighted by molar-refractivity contribution is 6.01. The van der Waals surface area contributed by atoms with Gasteiger partial charge in [-0.05, 0) is 57.8 Å². The first kappa shape index (κ1) is 13.3. The summed E-state index contributed by atoms with van der Waals surface area (Å²) in [6, 6.07) is 0. The summed E-state index contributed by atoms with van der Waals surface area (Å²) in [4.78, 5) is 27.2. The van der Waals surface area contributed by atoms with Gasteiger partial charge in [0.15, 0.2) is 0 Å². The number of carbonyl (C=O) groups is 2. The lowest BCUT2D eigenvalue weighted by Gasteiger charge is -2.29. The number of rotatable bonds is 3. The quantitative estimate of drug-likeness (QED) is 0.760. The van der Waals surface area contributed by atoms with Crippen LogP contribution in [0.5, 0.6) is 0 Å². The van der Waals surface area contributed by atoms with Gasteiger partial charge in [-0.1, -0.05) is 6.08 Å². The normalized spacial score (nSPS) is 22.5. The van der Waals surface area contributed by atoms with E-state index in [9.17, 15) is 9.59 Å². The predicted molar refractivity (Wildman–Crippen MR) is 69.9 cm³/mol. The first-order chi connectivity index (χ1) is 8.66. The van der Waals surface area contributed by atoms with Crippen LogP contribution in [0.2, 0.25) is 0 Å². The van der Waals surface area contributed by atoms with Gasteiger partial charge < -0.3 is 4.90 Å². The van der Waals surface area contributed by atoms with Crippen LogP contribution in [0.4, 0.5) is 0 Å². The Bertz CT molecular complexity index is 344. The summed E-state index contributed by atoms with van der Waals surface area (Å²) in [5.74, 6) is 0.512. The zero-order chi connectivity index (χ0) is 13.0. The summed E-state index contributed by atoms with van der Waals surface area (Å²) in [5, 5.41) is 0. The maximum Gasteiger partial charge on any atom is 0.252 e. The van der Waals surface area contributed by atoms with Crippen LogP contribution in [0.1, 0.15) is 32.1 Å². The van der Waals surface area contributed by atoms with Gasteiger partial charge in [0.2, 0.25) is 5.91 Å². The van der Waals surface area contributed by atoms with Crippen molar-refractivity contribution in [3.63, 3.8) is 0 Å². The molecule has 1 fully saturated rings. The number of hydrogen-bond acceptors (Lipinski definition) is 3. The van der Waals surface area contributed by atoms with E-state index in [1.54, 1.807) is 0 Å². The molecule has 0 bridgehead atoms. The minimum atomic E-state index is -0.144. The molecule has 100 valence electrons. The second-order valence-corrected chi connectivity index (χ2v) is 5.36. The van der Waals surface area contributed by atoms with Crippen molar-refractivity contribution in [1.29, 1.82) is 0 Å². The third-order valence-corrected chi connectivity index (χ3v) is 3.95. The molecule has 0 aromatic heterocycles. The van der Waals surface area contributed by atoms with E-state index in [1.807, 2.05) is 6.08 Å². The lowest BCUT2D eigenvalue weighted by atomic mass is 9.92. The molecule has 0 radical (unpaired) electrons. The van der Waals surface area contributed by atoms with Crippen molar-refractivity contribution in [2.24, 2.45) is 5.92 Å². The molecule has 4 nitrogen and oxygen atoms in total. The second kappa shape index (κ2) is 6.14. The standard InChI is InChI=1S/C14H22N2O2/c1-15-10-7-12(8-11-15)5-6-14(18)16-9-3-2-4-13(16)17/h2,4,12H,3,5-11H2,1H3. The van der Waals surface area contributed by atoms with E-state index in [4.69, 9.17) is 0 Å². The SMILES string of the molecule is CN1CCC(CCC(=O)N2CCC=CC2=O)CC1. The highest BCUT2D eigenvalue weighted by Gasteiger charge is 2.23. The Morgan fingerprint density at radius 3 is 2.72 bits per heavy atom. The van der Waals surface area contributed by atoms with Crippen molar-refractivity contribution in [2.45, 2.75) is 32.1 Å². The van der Waals surface area contributed by atoms with Crippen LogP contribution in [0.15, 0.2) is 12.2 Å². The van der Waals surface area contributed by atoms with Crippen molar-refractivity contribution in [1.82, 2.24) is 9.80 Å². The molecule has 2 heterocycles. The fraction of sp³-hybridized carbons (Fsp3) is 0.714. The highest BCUT2D eigenvalue weighted by atomic mass is 16.2. The molecular formula is C14H22N2O2. The average Bonchev–Trinajstić information content (AvgIpc) is 2.38. The van der Waals surface area contributed by atoms with E-state index in [1.165, 1.54) is 23.8 Å². The molecule has 4 heteroatoms. The van der Waals surface area contributed by atoms with Crippen LogP contribution in [0, 0.1) is 5.92 Å². The van der Waals surface area contributed by atoms with E-state index in [-0.39, 0.29) is 11.8 Å². The largest absolute Gasteiger partial charge is 0.306 e. The van der Waals surface area contributed by atoms with E-state index >= 15 is 0 Å². The number of nitrogens with zero attached hydrogens (tertiary/aromatic N) is 2. The average molecular weight is 250 g/mol. The van der Waals surface area contributed by atoms with E-state index in [0.29, 0.717) is 18.9 Å². The molecule has 0 spiro atoms. The van der Waals surface area contributed by atoms with Crippen molar-refractivity contribution in [2.75, 3.05) is 26.7 Å². The Kier molecular flexibility index (Phi) is 4.53. The summed E-state index contributed by atoms with van der Waals surface area (Å²) >= 11 is 0. The second-order valence-electron chi connectivity index (χ2n) is 5.36. The number of likely N-dealkylation sites (tertiary alicyclic amines) is 1. The number of piperidine rings is 1. The number of amides is 2. The molecule has 0 saturated carbocycles. The van der Waals surface area contributed by atoms with Crippen LogP contribution in [-0.2, 0) is 9.59 Å². The first-order valence-electron chi connectivity index (χ1n) is 6.86. The Balaban J connectivity index is 1.74. The molecule has 1 saturated heterocycles. The third-order valence-electron chi connectivity index (χ3n) is 3.95. The van der Waals surface area contributed by atoms with Gasteiger partial charge in [0, 0.05) is 13.0 Å². The molecule has 0 atom stereocenters. The molecule has 0 aromatic rings. The zero-order valence-electron chi connectivity index (χ0n) is 11.1. The maximum absolute atomic E-state index is 12.0. The highest BCUT2D eigenvalue weighted by Crippen LogP contribution is 2.21. The Hall–Kier alpha value is -1.16. The summed E-state index contributed by atoms with van der Waals surface area (Å²) < 4.78 is 0. The van der Waals surface area contributed by atoms with Crippen molar-refractivity contribution >= 4 is 11.8 Å². The Morgan fingerprint density at radius 2 is 2.06 bits per heavy atom. The van der Waals surface area contributed by atoms with E-state index in [2.05, 4.69) is 11.9 Å². The Morgan fingerprint density at radius 1 is 1.33 bits per heavy atom. The van der Waals surface area contributed by atoms with E-state index < -0.39 is 0 Å². The van der Waals surface area contributed by atoms with Gasteiger partial charge in [-0.2, -0.15) is 0 Å². The monoisotopic (exact) mass is 250 g/mol. The van der Waals surface area contributed by atoms with Crippen molar-refractivity contribution < 1.29 is 9.59 Å². The fourth-order valence-electron chi connectivity index (χ4n) is 2.65. The number of imide groups is 1. The van der Waals surface area contributed by atoms with Gasteiger partial charge in [0.1, 0.15) is 0 Å². The smallest absolute Gasteiger partial charge is 0.252 e. The molecule has 0 aliphatic carbocycles. The molecule has 2 aliphatic heterocycles. The van der Waals surface area contributed by atoms with Crippen LogP contribution >= 0.6 is 0 Å². The van der Waals surface area contributed by atoms with Gasteiger partial charge in [0.05, 0.1) is 0 Å². The van der Waals surface area contributed by atoms with Gasteiger partial charge in [0.25, 0.3) is 5.91 Å². The summed E-state index contributed by atoms with van der Waals surface area (Å²) in [7, 11) is 2.14. The minimum Gasteiger partial charge on any atom is -0.306 e. The summed E-state index contributed by atoms with van der Waals surface area (Å²) in [5.41, 5.74) is 0. The van der Waals surface area contributed by atoms with Crippen molar-refractivity contribution in [3.05, 3.63) is 12.2 Å². The topological polar surface area (TPSA) is 40.6 Å². The van der Waals surface area contributed by atoms with Gasteiger partial charge in [-0.25, -0.2) is 0 Å². The summed E-state index contributed by atoms with van der Waals surface area (Å²) in [6.07, 6.45) is 7.95. The fourth-order valence-corrected chi connectivity index (χ4v) is 2.65. The number of carbonyl (C=O) groups excluding carboxylic acids is 2. The van der Waals surface area contributed by atoms with Crippen LogP contribution < -0.4 is 0 Å². The van der Waals surface area contributed by atoms with Gasteiger partial charge >= 0.3 is 0 Å². The van der Waals surface area contributed by atoms with Gasteiger partial charge in [-0.3, -0.25) is 14.5 Å². The van der Waals surface area contributed by atoms with Crippen LogP contribution in [0.25, 0.3) is 0 Å². The molecule has 2 aliphatic rings. The predicted octanol–water partition coefficient (Wildman–Crippen LogP) is 1.42. The lowest BCUT2D eigenvalue weighted by Crippen LogP contribution is -2.38. The first-order valence-corrected chi connectivity index (χ1v) is 6.86. The Labute approximate surface area is 109 Å². The zero-order valence-corrected chi connectivity index (χ0v) is 11.1. The van der Waals surface area contributed by atoms with Crippen LogP contribution in [0.3, 0.4) is 0 Å². The minimum absolute atomic E-state index is 0.00304. The summed E-state index contributed by atoms with van der Waals surface area (Å²) in [6.45, 7) is 2.82. The molecule has 0 N–H and O–H groups in total. The molecule has 0 unspecified atom stereocenters. The maximum atomic E-state index is 12.0. The van der Waals surface area contributed by atoms with Crippen LogP contribution in [-0.4, -0.2) is 48.3 Å². The van der Waals surface area contributed by atoms with Crippen molar-refractivity contribution in [3.8, 4) is 0 Å². The van der Waals surface area contributed by atoms with Gasteiger partial charge in [-0.15, -0.1) is 0 Å². The third kappa shape index (κ3) is 3.42. The molecular weight excluding hydrogens is 228 g/mol. The lowest BCUT2D eigenvalue weighted by molar-refractivity contribution is -0.142. The number of hydrogen-bond donors (Lipinski definition) is 0. The molecule has 2 rings (SSSR count). The molecule has 18 heavy (non-hydrogen) atoms. The molecule has 2 amide bonds. The van der Waals surface area contributed by atoms with E-state index in [0.717, 1.165) is 25.9 Å².